The third-order valence-electron chi connectivity index (χ3n) is 1.85. The molecule has 82 valence electrons. The lowest BCUT2D eigenvalue weighted by molar-refractivity contribution is 0.1000. The van der Waals surface area contributed by atoms with Gasteiger partial charge >= 0.3 is 0 Å². The maximum atomic E-state index is 11.4. The normalized spacial score (nSPS) is 11.3. The van der Waals surface area contributed by atoms with Crippen LogP contribution in [0.15, 0.2) is 23.1 Å². The van der Waals surface area contributed by atoms with E-state index in [9.17, 15) is 13.2 Å². The summed E-state index contributed by atoms with van der Waals surface area (Å²) in [5, 5.41) is 0. The van der Waals surface area contributed by atoms with Gasteiger partial charge in [0.15, 0.2) is 0 Å². The smallest absolute Gasteiger partial charge is 0.248 e. The second-order valence-corrected chi connectivity index (χ2v) is 4.68. The van der Waals surface area contributed by atoms with Crippen LogP contribution < -0.4 is 16.2 Å². The number of nitrogens with two attached hydrogens (primary N) is 2. The first kappa shape index (κ1) is 11.5. The molecular formula is C8H11N3O3S. The van der Waals surface area contributed by atoms with Crippen LogP contribution in [0.25, 0.3) is 0 Å². The summed E-state index contributed by atoms with van der Waals surface area (Å²) >= 11 is 0. The van der Waals surface area contributed by atoms with Crippen LogP contribution in [0.3, 0.4) is 0 Å². The molecule has 1 amide bonds. The maximum absolute atomic E-state index is 11.4. The second kappa shape index (κ2) is 3.87. The number of carbonyl (C=O) groups excluding carboxylic acids is 1. The van der Waals surface area contributed by atoms with Crippen molar-refractivity contribution in [1.29, 1.82) is 0 Å². The Balaban J connectivity index is 3.32. The van der Waals surface area contributed by atoms with E-state index in [4.69, 9.17) is 11.5 Å². The van der Waals surface area contributed by atoms with Crippen molar-refractivity contribution in [2.75, 3.05) is 12.8 Å². The summed E-state index contributed by atoms with van der Waals surface area (Å²) in [4.78, 5) is 10.7. The number of nitrogen functional groups attached to an aromatic ring is 1. The Morgan fingerprint density at radius 1 is 1.40 bits per heavy atom. The number of carbonyl (C=O) groups is 1. The quantitative estimate of drug-likeness (QED) is 0.593. The van der Waals surface area contributed by atoms with Gasteiger partial charge in [0.05, 0.1) is 5.69 Å². The molecule has 0 bridgehead atoms. The Hall–Kier alpha value is -1.60. The molecule has 0 aromatic heterocycles. The molecule has 1 rings (SSSR count). The van der Waals surface area contributed by atoms with Crippen LogP contribution in [0.1, 0.15) is 10.4 Å². The Kier molecular flexibility index (Phi) is 2.96. The van der Waals surface area contributed by atoms with E-state index < -0.39 is 15.9 Å². The number of primary amides is 1. The molecule has 0 fully saturated rings. The number of rotatable bonds is 3. The van der Waals surface area contributed by atoms with Crippen LogP contribution in [0.2, 0.25) is 0 Å². The van der Waals surface area contributed by atoms with Gasteiger partial charge < -0.3 is 11.5 Å². The molecule has 1 aromatic carbocycles. The van der Waals surface area contributed by atoms with Crippen LogP contribution in [0, 0.1) is 0 Å². The van der Waals surface area contributed by atoms with E-state index >= 15 is 0 Å². The topological polar surface area (TPSA) is 115 Å². The Morgan fingerprint density at radius 3 is 2.40 bits per heavy atom. The zero-order valence-electron chi connectivity index (χ0n) is 8.02. The predicted molar refractivity (Wildman–Crippen MR) is 55.6 cm³/mol. The summed E-state index contributed by atoms with van der Waals surface area (Å²) < 4.78 is 24.9. The van der Waals surface area contributed by atoms with Gasteiger partial charge in [0.2, 0.25) is 15.9 Å². The van der Waals surface area contributed by atoms with Crippen LogP contribution >= 0.6 is 0 Å². The van der Waals surface area contributed by atoms with Gasteiger partial charge in [-0.25, -0.2) is 13.1 Å². The van der Waals surface area contributed by atoms with Crippen LogP contribution in [0.4, 0.5) is 5.69 Å². The maximum Gasteiger partial charge on any atom is 0.248 e. The number of anilines is 1. The monoisotopic (exact) mass is 229 g/mol. The Labute approximate surface area is 87.3 Å². The van der Waals surface area contributed by atoms with E-state index in [1.54, 1.807) is 0 Å². The highest BCUT2D eigenvalue weighted by Gasteiger charge is 2.15. The van der Waals surface area contributed by atoms with E-state index in [0.29, 0.717) is 0 Å². The molecule has 0 saturated carbocycles. The first-order chi connectivity index (χ1) is 6.88. The third kappa shape index (κ3) is 2.25. The van der Waals surface area contributed by atoms with Gasteiger partial charge in [-0.2, -0.15) is 0 Å². The molecule has 5 N–H and O–H groups in total. The van der Waals surface area contributed by atoms with Crippen LogP contribution in [-0.2, 0) is 10.0 Å². The summed E-state index contributed by atoms with van der Waals surface area (Å²) in [6, 6.07) is 3.77. The van der Waals surface area contributed by atoms with Gasteiger partial charge in [0, 0.05) is 5.56 Å². The minimum atomic E-state index is -3.60. The summed E-state index contributed by atoms with van der Waals surface area (Å²) in [5.74, 6) is -0.657. The molecule has 0 aliphatic heterocycles. The fourth-order valence-electron chi connectivity index (χ4n) is 1.06. The lowest BCUT2D eigenvalue weighted by atomic mass is 10.2. The molecule has 7 heteroatoms. The van der Waals surface area contributed by atoms with Crippen LogP contribution in [0.5, 0.6) is 0 Å². The Morgan fingerprint density at radius 2 is 2.00 bits per heavy atom. The molecule has 0 heterocycles. The first-order valence-corrected chi connectivity index (χ1v) is 5.49. The molecule has 1 aromatic rings. The molecular weight excluding hydrogens is 218 g/mol. The molecule has 0 radical (unpaired) electrons. The largest absolute Gasteiger partial charge is 0.398 e. The number of hydrogen-bond acceptors (Lipinski definition) is 4. The van der Waals surface area contributed by atoms with Crippen molar-refractivity contribution in [3.8, 4) is 0 Å². The summed E-state index contributed by atoms with van der Waals surface area (Å²) in [5.41, 5.74) is 10.7. The van der Waals surface area contributed by atoms with Gasteiger partial charge in [0.25, 0.3) is 0 Å². The van der Waals surface area contributed by atoms with Gasteiger partial charge in [-0.05, 0) is 25.2 Å². The molecule has 6 nitrogen and oxygen atoms in total. The zero-order valence-corrected chi connectivity index (χ0v) is 8.84. The van der Waals surface area contributed by atoms with Crippen molar-refractivity contribution < 1.29 is 13.2 Å². The average Bonchev–Trinajstić information content (AvgIpc) is 2.17. The third-order valence-corrected chi connectivity index (χ3v) is 3.34. The van der Waals surface area contributed by atoms with Gasteiger partial charge in [-0.15, -0.1) is 0 Å². The van der Waals surface area contributed by atoms with Gasteiger partial charge in [-0.1, -0.05) is 0 Å². The average molecular weight is 229 g/mol. The van der Waals surface area contributed by atoms with Crippen molar-refractivity contribution in [2.24, 2.45) is 5.73 Å². The van der Waals surface area contributed by atoms with Crippen molar-refractivity contribution in [1.82, 2.24) is 4.72 Å². The van der Waals surface area contributed by atoms with Crippen LogP contribution in [-0.4, -0.2) is 21.4 Å². The number of nitrogens with one attached hydrogen (secondary N) is 1. The number of amides is 1. The minimum absolute atomic E-state index is 0.0133. The first-order valence-electron chi connectivity index (χ1n) is 4.01. The fraction of sp³-hybridized carbons (Fsp3) is 0.125. The lowest BCUT2D eigenvalue weighted by Gasteiger charge is -2.06. The fourth-order valence-corrected chi connectivity index (χ4v) is 1.89. The molecule has 0 aliphatic carbocycles. The van der Waals surface area contributed by atoms with Crippen molar-refractivity contribution in [2.45, 2.75) is 4.90 Å². The van der Waals surface area contributed by atoms with E-state index in [2.05, 4.69) is 4.72 Å². The summed E-state index contributed by atoms with van der Waals surface area (Å²) in [6.45, 7) is 0. The highest BCUT2D eigenvalue weighted by atomic mass is 32.2. The summed E-state index contributed by atoms with van der Waals surface area (Å²) in [7, 11) is -2.32. The second-order valence-electron chi connectivity index (χ2n) is 2.82. The lowest BCUT2D eigenvalue weighted by Crippen LogP contribution is -2.20. The molecule has 0 spiro atoms. The molecule has 0 unspecified atom stereocenters. The number of benzene rings is 1. The van der Waals surface area contributed by atoms with E-state index in [1.807, 2.05) is 0 Å². The molecule has 15 heavy (non-hydrogen) atoms. The minimum Gasteiger partial charge on any atom is -0.398 e. The predicted octanol–water partition coefficient (Wildman–Crippen LogP) is -0.724. The van der Waals surface area contributed by atoms with Gasteiger partial charge in [0.1, 0.15) is 4.90 Å². The zero-order chi connectivity index (χ0) is 11.6. The molecule has 0 atom stereocenters. The summed E-state index contributed by atoms with van der Waals surface area (Å²) in [6.07, 6.45) is 0. The highest BCUT2D eigenvalue weighted by Crippen LogP contribution is 2.18. The number of hydrogen-bond donors (Lipinski definition) is 3. The Bertz CT molecular complexity index is 496. The molecule has 0 saturated heterocycles. The van der Waals surface area contributed by atoms with E-state index in [-0.39, 0.29) is 16.1 Å². The van der Waals surface area contributed by atoms with E-state index in [1.165, 1.54) is 25.2 Å². The van der Waals surface area contributed by atoms with E-state index in [0.717, 1.165) is 0 Å². The van der Waals surface area contributed by atoms with Crippen molar-refractivity contribution in [3.63, 3.8) is 0 Å². The SMILES string of the molecule is CNS(=O)(=O)c1ccc(C(N)=O)cc1N. The molecule has 0 aliphatic rings. The standard InChI is InChI=1S/C8H11N3O3S/c1-11-15(13,14)7-3-2-5(8(10)12)4-6(7)9/h2-4,11H,9H2,1H3,(H2,10,12). The number of sulfonamides is 1. The van der Waals surface area contributed by atoms with Gasteiger partial charge in [-0.3, -0.25) is 4.79 Å². The van der Waals surface area contributed by atoms with Crippen molar-refractivity contribution in [3.05, 3.63) is 23.8 Å². The van der Waals surface area contributed by atoms with Crippen molar-refractivity contribution >= 4 is 21.6 Å². The highest BCUT2D eigenvalue weighted by molar-refractivity contribution is 7.89.